The van der Waals surface area contributed by atoms with E-state index < -0.39 is 0 Å². The van der Waals surface area contributed by atoms with Gasteiger partial charge in [-0.1, -0.05) is 133 Å². The van der Waals surface area contributed by atoms with E-state index in [2.05, 4.69) is 114 Å². The first-order valence-electron chi connectivity index (χ1n) is 15.8. The Balaban J connectivity index is 1.18. The second kappa shape index (κ2) is 11.2. The van der Waals surface area contributed by atoms with E-state index in [1.807, 2.05) is 60.7 Å². The van der Waals surface area contributed by atoms with Crippen LogP contribution in [0, 0.1) is 0 Å². The van der Waals surface area contributed by atoms with E-state index in [0.29, 0.717) is 17.5 Å². The summed E-state index contributed by atoms with van der Waals surface area (Å²) in [6.07, 6.45) is 0. The maximum atomic E-state index is 4.96. The number of benzene rings is 7. The lowest BCUT2D eigenvalue weighted by atomic mass is 10.0. The number of hydrogen-bond donors (Lipinski definition) is 0. The molecule has 0 saturated carbocycles. The van der Waals surface area contributed by atoms with E-state index in [9.17, 15) is 0 Å². The summed E-state index contributed by atoms with van der Waals surface area (Å²) in [6, 6.07) is 59.3. The van der Waals surface area contributed by atoms with Crippen LogP contribution in [0.5, 0.6) is 0 Å². The first-order valence-corrected chi connectivity index (χ1v) is 15.8. The Kier molecular flexibility index (Phi) is 6.43. The molecular weight excluding hydrogens is 573 g/mol. The smallest absolute Gasteiger partial charge is 0.164 e. The molecule has 0 aliphatic carbocycles. The van der Waals surface area contributed by atoms with Gasteiger partial charge in [0.25, 0.3) is 0 Å². The van der Waals surface area contributed by atoms with E-state index in [-0.39, 0.29) is 0 Å². The van der Waals surface area contributed by atoms with Crippen molar-refractivity contribution in [2.45, 2.75) is 0 Å². The number of rotatable bonds is 5. The van der Waals surface area contributed by atoms with Crippen LogP contribution in [0.25, 0.3) is 83.6 Å². The topological polar surface area (TPSA) is 43.6 Å². The largest absolute Gasteiger partial charge is 0.309 e. The van der Waals surface area contributed by atoms with Crippen molar-refractivity contribution < 1.29 is 0 Å². The van der Waals surface area contributed by atoms with E-state index in [1.54, 1.807) is 0 Å². The van der Waals surface area contributed by atoms with Crippen LogP contribution in [0.15, 0.2) is 170 Å². The molecule has 4 nitrogen and oxygen atoms in total. The Hall–Kier alpha value is -6.39. The number of fused-ring (bicyclic) bond motifs is 4. The highest BCUT2D eigenvalue weighted by Gasteiger charge is 2.15. The van der Waals surface area contributed by atoms with Crippen LogP contribution in [0.1, 0.15) is 0 Å². The molecule has 0 fully saturated rings. The fourth-order valence-electron chi connectivity index (χ4n) is 6.53. The molecule has 9 aromatic rings. The third-order valence-corrected chi connectivity index (χ3v) is 8.80. The summed E-state index contributed by atoms with van der Waals surface area (Å²) >= 11 is 0. The van der Waals surface area contributed by atoms with Gasteiger partial charge in [0.2, 0.25) is 0 Å². The van der Waals surface area contributed by atoms with Crippen molar-refractivity contribution in [3.05, 3.63) is 170 Å². The van der Waals surface area contributed by atoms with Crippen LogP contribution in [0.3, 0.4) is 0 Å². The van der Waals surface area contributed by atoms with Gasteiger partial charge in [0, 0.05) is 33.2 Å². The maximum absolute atomic E-state index is 4.96. The number of aromatic nitrogens is 4. The van der Waals surface area contributed by atoms with Gasteiger partial charge in [-0.05, 0) is 58.3 Å². The second-order valence-corrected chi connectivity index (χ2v) is 11.7. The van der Waals surface area contributed by atoms with Gasteiger partial charge in [-0.15, -0.1) is 0 Å². The molecule has 9 rings (SSSR count). The van der Waals surface area contributed by atoms with Crippen LogP contribution in [-0.4, -0.2) is 19.5 Å². The lowest BCUT2D eigenvalue weighted by molar-refractivity contribution is 1.07. The van der Waals surface area contributed by atoms with Crippen LogP contribution in [0.4, 0.5) is 0 Å². The van der Waals surface area contributed by atoms with Crippen molar-refractivity contribution in [2.75, 3.05) is 0 Å². The highest BCUT2D eigenvalue weighted by Crippen LogP contribution is 2.36. The molecule has 0 radical (unpaired) electrons. The molecule has 0 aliphatic rings. The summed E-state index contributed by atoms with van der Waals surface area (Å²) in [5.41, 5.74) is 8.57. The molecule has 2 aromatic heterocycles. The molecule has 0 bridgehead atoms. The van der Waals surface area contributed by atoms with Gasteiger partial charge in [-0.3, -0.25) is 0 Å². The number of hydrogen-bond acceptors (Lipinski definition) is 3. The Morgan fingerprint density at radius 1 is 0.319 bits per heavy atom. The van der Waals surface area contributed by atoms with Crippen molar-refractivity contribution in [3.63, 3.8) is 0 Å². The van der Waals surface area contributed by atoms with Crippen LogP contribution < -0.4 is 0 Å². The van der Waals surface area contributed by atoms with Crippen molar-refractivity contribution >= 4 is 32.6 Å². The molecule has 0 amide bonds. The molecule has 4 heteroatoms. The van der Waals surface area contributed by atoms with Gasteiger partial charge >= 0.3 is 0 Å². The van der Waals surface area contributed by atoms with E-state index in [0.717, 1.165) is 33.5 Å². The fraction of sp³-hybridized carbons (Fsp3) is 0. The number of nitrogens with zero attached hydrogens (tertiary/aromatic N) is 4. The van der Waals surface area contributed by atoms with Gasteiger partial charge < -0.3 is 4.57 Å². The highest BCUT2D eigenvalue weighted by molar-refractivity contribution is 6.13. The Bertz CT molecular complexity index is 2510. The van der Waals surface area contributed by atoms with Crippen molar-refractivity contribution in [1.29, 1.82) is 0 Å². The monoisotopic (exact) mass is 600 g/mol. The first kappa shape index (κ1) is 27.0. The first-order chi connectivity index (χ1) is 23.3. The summed E-state index contributed by atoms with van der Waals surface area (Å²) in [7, 11) is 0. The Labute approximate surface area is 272 Å². The standard InChI is InChI=1S/C43H28N4/c1-3-13-29(14-4-1)41-44-42(30-15-5-2-6-16-30)46-43(45-41)35-21-11-19-31(25-35)32-20-12-22-36(26-32)47-39-24-10-9-23-37(39)38-27-33-17-7-8-18-34(33)28-40(38)47/h1-28H. The van der Waals surface area contributed by atoms with Gasteiger partial charge in [-0.25, -0.2) is 15.0 Å². The van der Waals surface area contributed by atoms with Gasteiger partial charge in [0.1, 0.15) is 0 Å². The molecule has 0 N–H and O–H groups in total. The molecule has 2 heterocycles. The third kappa shape index (κ3) is 4.84. The van der Waals surface area contributed by atoms with Gasteiger partial charge in [0.05, 0.1) is 11.0 Å². The molecule has 0 aliphatic heterocycles. The molecule has 0 spiro atoms. The quantitative estimate of drug-likeness (QED) is 0.197. The molecule has 0 saturated heterocycles. The van der Waals surface area contributed by atoms with Crippen molar-refractivity contribution in [1.82, 2.24) is 19.5 Å². The molecule has 0 atom stereocenters. The lowest BCUT2D eigenvalue weighted by Crippen LogP contribution is -2.00. The predicted molar refractivity (Wildman–Crippen MR) is 193 cm³/mol. The molecular formula is C43H28N4. The van der Waals surface area contributed by atoms with Gasteiger partial charge in [0.15, 0.2) is 17.5 Å². The summed E-state index contributed by atoms with van der Waals surface area (Å²) in [5, 5.41) is 4.98. The molecule has 220 valence electrons. The minimum Gasteiger partial charge on any atom is -0.309 e. The van der Waals surface area contributed by atoms with Crippen LogP contribution in [0.2, 0.25) is 0 Å². The van der Waals surface area contributed by atoms with E-state index in [4.69, 9.17) is 15.0 Å². The fourth-order valence-corrected chi connectivity index (χ4v) is 6.53. The third-order valence-electron chi connectivity index (χ3n) is 8.80. The van der Waals surface area contributed by atoms with Crippen molar-refractivity contribution in [3.8, 4) is 51.0 Å². The Morgan fingerprint density at radius 2 is 0.830 bits per heavy atom. The summed E-state index contributed by atoms with van der Waals surface area (Å²) in [5.74, 6) is 1.95. The SMILES string of the molecule is c1ccc(-c2nc(-c3ccccc3)nc(-c3cccc(-c4cccc(-n5c6ccccc6c6cc7ccccc7cc65)c4)c3)n2)cc1. The zero-order chi connectivity index (χ0) is 31.2. The Morgan fingerprint density at radius 3 is 1.53 bits per heavy atom. The minimum atomic E-state index is 0.644. The average molecular weight is 601 g/mol. The normalized spacial score (nSPS) is 11.4. The predicted octanol–water partition coefficient (Wildman–Crippen LogP) is 10.8. The lowest BCUT2D eigenvalue weighted by Gasteiger charge is -2.12. The van der Waals surface area contributed by atoms with Crippen molar-refractivity contribution in [2.24, 2.45) is 0 Å². The average Bonchev–Trinajstić information content (AvgIpc) is 3.47. The summed E-state index contributed by atoms with van der Waals surface area (Å²) in [6.45, 7) is 0. The van der Waals surface area contributed by atoms with E-state index >= 15 is 0 Å². The molecule has 7 aromatic carbocycles. The molecule has 47 heavy (non-hydrogen) atoms. The highest BCUT2D eigenvalue weighted by atomic mass is 15.0. The summed E-state index contributed by atoms with van der Waals surface area (Å²) in [4.78, 5) is 14.8. The van der Waals surface area contributed by atoms with Gasteiger partial charge in [-0.2, -0.15) is 0 Å². The zero-order valence-corrected chi connectivity index (χ0v) is 25.5. The second-order valence-electron chi connectivity index (χ2n) is 11.7. The van der Waals surface area contributed by atoms with Crippen LogP contribution in [-0.2, 0) is 0 Å². The summed E-state index contributed by atoms with van der Waals surface area (Å²) < 4.78 is 2.38. The maximum Gasteiger partial charge on any atom is 0.164 e. The van der Waals surface area contributed by atoms with E-state index in [1.165, 1.54) is 32.6 Å². The number of para-hydroxylation sites is 1. The zero-order valence-electron chi connectivity index (χ0n) is 25.5. The molecule has 0 unspecified atom stereocenters. The van der Waals surface area contributed by atoms with Crippen LogP contribution >= 0.6 is 0 Å². The minimum absolute atomic E-state index is 0.644.